The predicted octanol–water partition coefficient (Wildman–Crippen LogP) is -0.770. The number of aliphatic hydroxyl groups is 3. The number of ether oxygens (including phenoxy) is 1. The van der Waals surface area contributed by atoms with E-state index in [9.17, 15) is 14.6 Å². The van der Waals surface area contributed by atoms with E-state index in [0.717, 1.165) is 0 Å². The zero-order valence-corrected chi connectivity index (χ0v) is 10.6. The Bertz CT molecular complexity index is 653. The highest BCUT2D eigenvalue weighted by Gasteiger charge is 2.44. The van der Waals surface area contributed by atoms with Gasteiger partial charge in [0.1, 0.15) is 23.8 Å². The van der Waals surface area contributed by atoms with Crippen molar-refractivity contribution in [2.24, 2.45) is 0 Å². The van der Waals surface area contributed by atoms with Crippen LogP contribution in [0.5, 0.6) is 0 Å². The van der Waals surface area contributed by atoms with Crippen LogP contribution in [-0.4, -0.2) is 59.8 Å². The third-order valence-electron chi connectivity index (χ3n) is 3.14. The molecule has 0 saturated carbocycles. The molecular formula is C10H10ClFN4O4. The number of imidazole rings is 1. The van der Waals surface area contributed by atoms with Gasteiger partial charge in [0.25, 0.3) is 0 Å². The molecule has 3 heterocycles. The van der Waals surface area contributed by atoms with Crippen LogP contribution in [0.2, 0.25) is 5.15 Å². The van der Waals surface area contributed by atoms with Gasteiger partial charge in [-0.2, -0.15) is 14.4 Å². The first-order chi connectivity index (χ1) is 9.52. The van der Waals surface area contributed by atoms with Crippen molar-refractivity contribution >= 4 is 22.8 Å². The van der Waals surface area contributed by atoms with Crippen LogP contribution in [0, 0.1) is 6.08 Å². The average molecular weight is 305 g/mol. The van der Waals surface area contributed by atoms with Gasteiger partial charge in [-0.3, -0.25) is 4.57 Å². The van der Waals surface area contributed by atoms with Gasteiger partial charge in [0, 0.05) is 0 Å². The molecule has 3 rings (SSSR count). The fourth-order valence-corrected chi connectivity index (χ4v) is 2.36. The fourth-order valence-electron chi connectivity index (χ4n) is 2.15. The number of aliphatic hydroxyl groups excluding tert-OH is 3. The fraction of sp³-hybridized carbons (Fsp3) is 0.500. The van der Waals surface area contributed by atoms with Crippen LogP contribution >= 0.6 is 11.6 Å². The minimum absolute atomic E-state index is 0.0253. The molecule has 0 spiro atoms. The van der Waals surface area contributed by atoms with Gasteiger partial charge in [-0.05, 0) is 0 Å². The Kier molecular flexibility index (Phi) is 3.30. The van der Waals surface area contributed by atoms with Crippen molar-refractivity contribution < 1.29 is 24.4 Å². The number of aromatic nitrogens is 4. The van der Waals surface area contributed by atoms with Crippen LogP contribution in [0.3, 0.4) is 0 Å². The monoisotopic (exact) mass is 304 g/mol. The number of rotatable bonds is 2. The summed E-state index contributed by atoms with van der Waals surface area (Å²) in [5.41, 5.74) is 0.170. The summed E-state index contributed by atoms with van der Waals surface area (Å²) in [6.07, 6.45) is -4.40. The van der Waals surface area contributed by atoms with Crippen LogP contribution in [0.1, 0.15) is 6.23 Å². The van der Waals surface area contributed by atoms with Gasteiger partial charge < -0.3 is 20.1 Å². The molecule has 2 aromatic rings. The second-order valence-electron chi connectivity index (χ2n) is 4.34. The summed E-state index contributed by atoms with van der Waals surface area (Å²) in [5, 5.41) is 28.5. The van der Waals surface area contributed by atoms with Gasteiger partial charge >= 0.3 is 6.08 Å². The van der Waals surface area contributed by atoms with Crippen molar-refractivity contribution in [2.45, 2.75) is 24.5 Å². The molecule has 4 atom stereocenters. The predicted molar refractivity (Wildman–Crippen MR) is 63.3 cm³/mol. The molecule has 0 unspecified atom stereocenters. The molecule has 20 heavy (non-hydrogen) atoms. The highest BCUT2D eigenvalue weighted by molar-refractivity contribution is 6.33. The highest BCUT2D eigenvalue weighted by Crippen LogP contribution is 2.32. The van der Waals surface area contributed by atoms with Crippen LogP contribution in [0.4, 0.5) is 4.39 Å². The van der Waals surface area contributed by atoms with Gasteiger partial charge in [0.15, 0.2) is 17.0 Å². The van der Waals surface area contributed by atoms with Gasteiger partial charge in [-0.15, -0.1) is 0 Å². The van der Waals surface area contributed by atoms with Crippen molar-refractivity contribution in [3.8, 4) is 0 Å². The lowest BCUT2D eigenvalue weighted by atomic mass is 10.1. The van der Waals surface area contributed by atoms with Crippen LogP contribution in [-0.2, 0) is 4.74 Å². The number of fused-ring (bicyclic) bond motifs is 1. The molecular weight excluding hydrogens is 295 g/mol. The van der Waals surface area contributed by atoms with E-state index in [1.54, 1.807) is 0 Å². The van der Waals surface area contributed by atoms with Crippen molar-refractivity contribution in [1.82, 2.24) is 19.5 Å². The summed E-state index contributed by atoms with van der Waals surface area (Å²) < 4.78 is 19.8. The first kappa shape index (κ1) is 13.6. The molecule has 0 radical (unpaired) electrons. The van der Waals surface area contributed by atoms with E-state index in [1.165, 1.54) is 10.9 Å². The number of hydrogen-bond donors (Lipinski definition) is 3. The Morgan fingerprint density at radius 2 is 2.10 bits per heavy atom. The largest absolute Gasteiger partial charge is 0.394 e. The molecule has 8 nitrogen and oxygen atoms in total. The Labute approximate surface area is 116 Å². The zero-order chi connectivity index (χ0) is 14.4. The van der Waals surface area contributed by atoms with E-state index in [2.05, 4.69) is 15.0 Å². The quantitative estimate of drug-likeness (QED) is 0.493. The van der Waals surface area contributed by atoms with Crippen LogP contribution in [0.15, 0.2) is 6.33 Å². The maximum absolute atomic E-state index is 13.2. The number of nitrogens with zero attached hydrogens (tertiary/aromatic N) is 4. The van der Waals surface area contributed by atoms with Crippen molar-refractivity contribution in [1.29, 1.82) is 0 Å². The number of hydrogen-bond acceptors (Lipinski definition) is 7. The summed E-state index contributed by atoms with van der Waals surface area (Å²) in [7, 11) is 0. The van der Waals surface area contributed by atoms with E-state index < -0.39 is 37.2 Å². The minimum Gasteiger partial charge on any atom is -0.394 e. The van der Waals surface area contributed by atoms with E-state index in [4.69, 9.17) is 21.4 Å². The molecule has 1 aliphatic rings. The van der Waals surface area contributed by atoms with Crippen molar-refractivity contribution in [3.63, 3.8) is 0 Å². The Hall–Kier alpha value is -1.39. The zero-order valence-electron chi connectivity index (χ0n) is 9.89. The minimum atomic E-state index is -1.32. The van der Waals surface area contributed by atoms with Crippen LogP contribution < -0.4 is 0 Å². The second-order valence-corrected chi connectivity index (χ2v) is 4.69. The SMILES string of the molecule is OC[C@H]1O[C@@H](n2cnc3c(Cl)nc(F)nc32)[C@H](O)[C@@H]1O. The van der Waals surface area contributed by atoms with Crippen LogP contribution in [0.25, 0.3) is 11.2 Å². The third kappa shape index (κ3) is 1.95. The molecule has 0 aliphatic carbocycles. The summed E-state index contributed by atoms with van der Waals surface area (Å²) in [4.78, 5) is 10.8. The molecule has 0 aromatic carbocycles. The van der Waals surface area contributed by atoms with Gasteiger partial charge in [0.2, 0.25) is 0 Å². The topological polar surface area (TPSA) is 114 Å². The summed E-state index contributed by atoms with van der Waals surface area (Å²) in [6.45, 7) is -0.467. The maximum atomic E-state index is 13.2. The van der Waals surface area contributed by atoms with E-state index in [-0.39, 0.29) is 16.3 Å². The first-order valence-electron chi connectivity index (χ1n) is 5.71. The average Bonchev–Trinajstić information content (AvgIpc) is 2.93. The molecule has 0 amide bonds. The lowest BCUT2D eigenvalue weighted by Gasteiger charge is -2.16. The highest BCUT2D eigenvalue weighted by atomic mass is 35.5. The van der Waals surface area contributed by atoms with E-state index in [1.807, 2.05) is 0 Å². The summed E-state index contributed by atoms with van der Waals surface area (Å²) >= 11 is 5.74. The summed E-state index contributed by atoms with van der Waals surface area (Å²) in [6, 6.07) is 0. The normalized spacial score (nSPS) is 30.2. The molecule has 0 bridgehead atoms. The Morgan fingerprint density at radius 1 is 1.35 bits per heavy atom. The van der Waals surface area contributed by atoms with Gasteiger partial charge in [-0.1, -0.05) is 11.6 Å². The number of halogens is 2. The molecule has 10 heteroatoms. The van der Waals surface area contributed by atoms with E-state index >= 15 is 0 Å². The maximum Gasteiger partial charge on any atom is 0.312 e. The van der Waals surface area contributed by atoms with Crippen molar-refractivity contribution in [2.75, 3.05) is 6.61 Å². The molecule has 108 valence electrons. The molecule has 1 saturated heterocycles. The molecule has 2 aromatic heterocycles. The lowest BCUT2D eigenvalue weighted by molar-refractivity contribution is -0.0511. The van der Waals surface area contributed by atoms with Crippen molar-refractivity contribution in [3.05, 3.63) is 17.6 Å². The standard InChI is InChI=1S/C10H10ClFN4O4/c11-7-4-8(15-10(12)14-7)16(2-13-4)9-6(19)5(18)3(1-17)20-9/h2-3,5-6,9,17-19H,1H2/t3-,5-,6-,9-/m1/s1. The Morgan fingerprint density at radius 3 is 2.75 bits per heavy atom. The molecule has 3 N–H and O–H groups in total. The molecule has 1 aliphatic heterocycles. The Balaban J connectivity index is 2.07. The molecule has 1 fully saturated rings. The van der Waals surface area contributed by atoms with E-state index in [0.29, 0.717) is 0 Å². The third-order valence-corrected chi connectivity index (χ3v) is 3.41. The lowest BCUT2D eigenvalue weighted by Crippen LogP contribution is -2.33. The second kappa shape index (κ2) is 4.86. The summed E-state index contributed by atoms with van der Waals surface area (Å²) in [5.74, 6) is 0. The van der Waals surface area contributed by atoms with Gasteiger partial charge in [-0.25, -0.2) is 4.98 Å². The van der Waals surface area contributed by atoms with Gasteiger partial charge in [0.05, 0.1) is 12.9 Å². The first-order valence-corrected chi connectivity index (χ1v) is 6.08. The smallest absolute Gasteiger partial charge is 0.312 e.